The lowest BCUT2D eigenvalue weighted by Crippen LogP contribution is -2.45. The first-order valence-corrected chi connectivity index (χ1v) is 8.33. The van der Waals surface area contributed by atoms with Crippen LogP contribution in [0.25, 0.3) is 0 Å². The first-order valence-electron chi connectivity index (χ1n) is 8.33. The molecule has 0 spiro atoms. The van der Waals surface area contributed by atoms with Gasteiger partial charge in [0.2, 0.25) is 0 Å². The number of piperidine rings is 2. The van der Waals surface area contributed by atoms with E-state index >= 15 is 0 Å². The van der Waals surface area contributed by atoms with Crippen LogP contribution >= 0.6 is 0 Å². The number of nitrogens with zero attached hydrogens (tertiary/aromatic N) is 2. The number of hydrogen-bond donors (Lipinski definition) is 1. The van der Waals surface area contributed by atoms with Gasteiger partial charge in [0.15, 0.2) is 0 Å². The molecule has 2 unspecified atom stereocenters. The molecule has 2 heterocycles. The van der Waals surface area contributed by atoms with Gasteiger partial charge in [0.1, 0.15) is 0 Å². The lowest BCUT2D eigenvalue weighted by molar-refractivity contribution is 0.158. The molecule has 0 saturated carbocycles. The highest BCUT2D eigenvalue weighted by atomic mass is 15.1. The van der Waals surface area contributed by atoms with E-state index in [4.69, 9.17) is 0 Å². The molecule has 0 aliphatic carbocycles. The van der Waals surface area contributed by atoms with Crippen molar-refractivity contribution in [3.8, 4) is 0 Å². The van der Waals surface area contributed by atoms with Gasteiger partial charge in [-0.05, 0) is 84.2 Å². The normalized spacial score (nSPS) is 29.5. The van der Waals surface area contributed by atoms with Crippen LogP contribution in [0.2, 0.25) is 0 Å². The second-order valence-electron chi connectivity index (χ2n) is 6.74. The third-order valence-electron chi connectivity index (χ3n) is 5.24. The molecule has 2 saturated heterocycles. The van der Waals surface area contributed by atoms with Crippen LogP contribution in [0.4, 0.5) is 0 Å². The molecular weight excluding hydrogens is 234 g/mol. The second kappa shape index (κ2) is 7.61. The van der Waals surface area contributed by atoms with E-state index in [1.807, 2.05) is 0 Å². The zero-order chi connectivity index (χ0) is 13.7. The second-order valence-corrected chi connectivity index (χ2v) is 6.74. The quantitative estimate of drug-likeness (QED) is 0.822. The van der Waals surface area contributed by atoms with Gasteiger partial charge in [0.05, 0.1) is 0 Å². The van der Waals surface area contributed by atoms with E-state index in [0.29, 0.717) is 6.04 Å². The molecule has 19 heavy (non-hydrogen) atoms. The molecule has 2 fully saturated rings. The number of hydrogen-bond acceptors (Lipinski definition) is 3. The van der Waals surface area contributed by atoms with Crippen LogP contribution in [0.15, 0.2) is 0 Å². The Labute approximate surface area is 119 Å². The van der Waals surface area contributed by atoms with E-state index < -0.39 is 0 Å². The zero-order valence-electron chi connectivity index (χ0n) is 13.2. The van der Waals surface area contributed by atoms with Gasteiger partial charge in [-0.2, -0.15) is 0 Å². The molecular formula is C16H33N3. The Balaban J connectivity index is 1.65. The molecule has 112 valence electrons. The minimum atomic E-state index is 0.700. The predicted octanol–water partition coefficient (Wildman–Crippen LogP) is 2.04. The Bertz CT molecular complexity index is 248. The van der Waals surface area contributed by atoms with E-state index in [2.05, 4.69) is 36.0 Å². The maximum atomic E-state index is 3.83. The van der Waals surface area contributed by atoms with Crippen LogP contribution < -0.4 is 5.32 Å². The molecule has 2 aliphatic rings. The van der Waals surface area contributed by atoms with Gasteiger partial charge < -0.3 is 15.1 Å². The molecule has 0 amide bonds. The maximum Gasteiger partial charge on any atom is 0.00680 e. The van der Waals surface area contributed by atoms with Crippen LogP contribution in [0.5, 0.6) is 0 Å². The SMILES string of the molecule is CCN1CCC(C(C)NCC2CCCN(C)C2)CC1. The van der Waals surface area contributed by atoms with Crippen molar-refractivity contribution in [3.63, 3.8) is 0 Å². The van der Waals surface area contributed by atoms with E-state index in [1.54, 1.807) is 0 Å². The van der Waals surface area contributed by atoms with Crippen molar-refractivity contribution in [1.82, 2.24) is 15.1 Å². The molecule has 0 aromatic heterocycles. The fourth-order valence-corrected chi connectivity index (χ4v) is 3.73. The first-order chi connectivity index (χ1) is 9.19. The fraction of sp³-hybridized carbons (Fsp3) is 1.00. The van der Waals surface area contributed by atoms with Gasteiger partial charge >= 0.3 is 0 Å². The average molecular weight is 267 g/mol. The monoisotopic (exact) mass is 267 g/mol. The van der Waals surface area contributed by atoms with Crippen molar-refractivity contribution in [1.29, 1.82) is 0 Å². The summed E-state index contributed by atoms with van der Waals surface area (Å²) in [6.07, 6.45) is 5.56. The molecule has 0 radical (unpaired) electrons. The average Bonchev–Trinajstić information content (AvgIpc) is 2.45. The highest BCUT2D eigenvalue weighted by Gasteiger charge is 2.24. The molecule has 0 aromatic rings. The minimum Gasteiger partial charge on any atom is -0.314 e. The predicted molar refractivity (Wildman–Crippen MR) is 82.5 cm³/mol. The highest BCUT2D eigenvalue weighted by molar-refractivity contribution is 4.81. The molecule has 0 bridgehead atoms. The van der Waals surface area contributed by atoms with Gasteiger partial charge in [-0.3, -0.25) is 0 Å². The Morgan fingerprint density at radius 3 is 2.53 bits per heavy atom. The van der Waals surface area contributed by atoms with Crippen LogP contribution in [0.3, 0.4) is 0 Å². The minimum absolute atomic E-state index is 0.700. The lowest BCUT2D eigenvalue weighted by atomic mass is 9.89. The molecule has 3 nitrogen and oxygen atoms in total. The number of nitrogens with one attached hydrogen (secondary N) is 1. The summed E-state index contributed by atoms with van der Waals surface area (Å²) < 4.78 is 0. The molecule has 1 N–H and O–H groups in total. The summed E-state index contributed by atoms with van der Waals surface area (Å²) >= 11 is 0. The zero-order valence-corrected chi connectivity index (χ0v) is 13.2. The molecule has 3 heteroatoms. The summed E-state index contributed by atoms with van der Waals surface area (Å²) in [6.45, 7) is 12.3. The van der Waals surface area contributed by atoms with Gasteiger partial charge in [-0.15, -0.1) is 0 Å². The van der Waals surface area contributed by atoms with Crippen molar-refractivity contribution in [2.24, 2.45) is 11.8 Å². The molecule has 2 rings (SSSR count). The topological polar surface area (TPSA) is 18.5 Å². The van der Waals surface area contributed by atoms with Gasteiger partial charge in [-0.25, -0.2) is 0 Å². The van der Waals surface area contributed by atoms with E-state index in [0.717, 1.165) is 11.8 Å². The summed E-state index contributed by atoms with van der Waals surface area (Å²) in [5, 5.41) is 3.83. The van der Waals surface area contributed by atoms with Gasteiger partial charge in [0, 0.05) is 12.6 Å². The molecule has 0 aromatic carbocycles. The maximum absolute atomic E-state index is 3.83. The van der Waals surface area contributed by atoms with E-state index in [9.17, 15) is 0 Å². The largest absolute Gasteiger partial charge is 0.314 e. The highest BCUT2D eigenvalue weighted by Crippen LogP contribution is 2.21. The smallest absolute Gasteiger partial charge is 0.00680 e. The molecule has 2 aliphatic heterocycles. The number of rotatable bonds is 5. The van der Waals surface area contributed by atoms with Crippen molar-refractivity contribution in [2.75, 3.05) is 46.3 Å². The van der Waals surface area contributed by atoms with Gasteiger partial charge in [0.25, 0.3) is 0 Å². The van der Waals surface area contributed by atoms with Crippen molar-refractivity contribution >= 4 is 0 Å². The summed E-state index contributed by atoms with van der Waals surface area (Å²) in [6, 6.07) is 0.700. The number of likely N-dealkylation sites (tertiary alicyclic amines) is 2. The third-order valence-corrected chi connectivity index (χ3v) is 5.24. The van der Waals surface area contributed by atoms with Crippen molar-refractivity contribution < 1.29 is 0 Å². The Hall–Kier alpha value is -0.120. The summed E-state index contributed by atoms with van der Waals surface area (Å²) in [7, 11) is 2.26. The fourth-order valence-electron chi connectivity index (χ4n) is 3.73. The third kappa shape index (κ3) is 4.73. The van der Waals surface area contributed by atoms with Crippen molar-refractivity contribution in [2.45, 2.75) is 45.6 Å². The van der Waals surface area contributed by atoms with Crippen LogP contribution in [0.1, 0.15) is 39.5 Å². The first kappa shape index (κ1) is 15.3. The van der Waals surface area contributed by atoms with Crippen LogP contribution in [-0.4, -0.2) is 62.2 Å². The van der Waals surface area contributed by atoms with Crippen LogP contribution in [-0.2, 0) is 0 Å². The Morgan fingerprint density at radius 2 is 1.89 bits per heavy atom. The van der Waals surface area contributed by atoms with Gasteiger partial charge in [-0.1, -0.05) is 6.92 Å². The van der Waals surface area contributed by atoms with E-state index in [-0.39, 0.29) is 0 Å². The lowest BCUT2D eigenvalue weighted by Gasteiger charge is -2.36. The summed E-state index contributed by atoms with van der Waals surface area (Å²) in [5.41, 5.74) is 0. The van der Waals surface area contributed by atoms with Crippen LogP contribution in [0, 0.1) is 11.8 Å². The van der Waals surface area contributed by atoms with Crippen molar-refractivity contribution in [3.05, 3.63) is 0 Å². The Kier molecular flexibility index (Phi) is 6.11. The summed E-state index contributed by atoms with van der Waals surface area (Å²) in [4.78, 5) is 5.07. The summed E-state index contributed by atoms with van der Waals surface area (Å²) in [5.74, 6) is 1.76. The molecule has 2 atom stereocenters. The van der Waals surface area contributed by atoms with E-state index in [1.165, 1.54) is 65.0 Å². The Morgan fingerprint density at radius 1 is 1.16 bits per heavy atom. The standard InChI is InChI=1S/C16H33N3/c1-4-19-10-7-16(8-11-19)14(2)17-12-15-6-5-9-18(3)13-15/h14-17H,4-13H2,1-3H3.